The molecule has 4 aliphatic heterocycles. The van der Waals surface area contributed by atoms with Gasteiger partial charge in [0.1, 0.15) is 0 Å². The van der Waals surface area contributed by atoms with Gasteiger partial charge in [-0.2, -0.15) is 0 Å². The van der Waals surface area contributed by atoms with E-state index in [1.165, 1.54) is 11.3 Å². The van der Waals surface area contributed by atoms with Crippen molar-refractivity contribution < 1.29 is 19.1 Å². The van der Waals surface area contributed by atoms with Crippen LogP contribution in [0, 0.1) is 5.92 Å². The molecule has 0 aliphatic carbocycles. The minimum absolute atomic E-state index is 0.0665. The highest BCUT2D eigenvalue weighted by Gasteiger charge is 2.42. The summed E-state index contributed by atoms with van der Waals surface area (Å²) in [6.45, 7) is 5.06. The molecule has 0 aromatic carbocycles. The predicted octanol–water partition coefficient (Wildman–Crippen LogP) is 1.64. The quantitative estimate of drug-likeness (QED) is 0.713. The lowest BCUT2D eigenvalue weighted by molar-refractivity contribution is -0.188. The largest absolute Gasteiger partial charge is 0.347 e. The lowest BCUT2D eigenvalue weighted by atomic mass is 9.94. The molecule has 1 aromatic heterocycles. The molecule has 0 N–H and O–H groups in total. The van der Waals surface area contributed by atoms with Crippen molar-refractivity contribution in [3.63, 3.8) is 0 Å². The monoisotopic (exact) mass is 435 g/mol. The molecule has 0 atom stereocenters. The third-order valence-electron chi connectivity index (χ3n) is 6.72. The molecular weight excluding hydrogens is 406 g/mol. The maximum atomic E-state index is 13.0. The van der Waals surface area contributed by atoms with Crippen molar-refractivity contribution in [3.05, 3.63) is 0 Å². The summed E-state index contributed by atoms with van der Waals surface area (Å²) in [6, 6.07) is 0. The fourth-order valence-corrected chi connectivity index (χ4v) is 5.82. The number of aromatic nitrogens is 2. The average Bonchev–Trinajstić information content (AvgIpc) is 3.45. The van der Waals surface area contributed by atoms with Crippen LogP contribution >= 0.6 is 11.3 Å². The third-order valence-corrected chi connectivity index (χ3v) is 7.73. The molecule has 1 spiro atoms. The molecule has 4 aliphatic rings. The number of piperidine rings is 3. The molecule has 10 heteroatoms. The summed E-state index contributed by atoms with van der Waals surface area (Å²) in [5, 5.41) is 10.1. The maximum absolute atomic E-state index is 13.0. The van der Waals surface area contributed by atoms with E-state index in [1.54, 1.807) is 4.90 Å². The fourth-order valence-electron chi connectivity index (χ4n) is 4.88. The van der Waals surface area contributed by atoms with Crippen LogP contribution in [-0.4, -0.2) is 78.6 Å². The number of carbonyl (C=O) groups excluding carboxylic acids is 2. The number of anilines is 2. The minimum Gasteiger partial charge on any atom is -0.347 e. The summed E-state index contributed by atoms with van der Waals surface area (Å²) in [4.78, 5) is 31.1. The molecule has 2 amide bonds. The zero-order valence-corrected chi connectivity index (χ0v) is 18.1. The predicted molar refractivity (Wildman–Crippen MR) is 111 cm³/mol. The second-order valence-corrected chi connectivity index (χ2v) is 9.50. The second kappa shape index (κ2) is 8.39. The Balaban J connectivity index is 1.13. The fraction of sp³-hybridized carbons (Fsp3) is 0.800. The highest BCUT2D eigenvalue weighted by atomic mass is 32.1. The smallest absolute Gasteiger partial charge is 0.228 e. The Labute approximate surface area is 180 Å². The van der Waals surface area contributed by atoms with E-state index in [9.17, 15) is 9.59 Å². The van der Waals surface area contributed by atoms with Gasteiger partial charge in [0, 0.05) is 57.9 Å². The van der Waals surface area contributed by atoms with Gasteiger partial charge in [-0.1, -0.05) is 11.3 Å². The Kier molecular flexibility index (Phi) is 5.63. The van der Waals surface area contributed by atoms with Crippen molar-refractivity contribution in [3.8, 4) is 0 Å². The highest BCUT2D eigenvalue weighted by molar-refractivity contribution is 7.19. The van der Waals surface area contributed by atoms with Crippen molar-refractivity contribution in [2.45, 2.75) is 50.7 Å². The lowest BCUT2D eigenvalue weighted by Gasteiger charge is -2.40. The van der Waals surface area contributed by atoms with Crippen LogP contribution in [0.15, 0.2) is 0 Å². The van der Waals surface area contributed by atoms with Gasteiger partial charge in [0.15, 0.2) is 5.79 Å². The number of likely N-dealkylation sites (tertiary alicyclic amines) is 1. The summed E-state index contributed by atoms with van der Waals surface area (Å²) in [5.74, 6) is 0.0342. The van der Waals surface area contributed by atoms with E-state index in [-0.39, 0.29) is 17.7 Å². The van der Waals surface area contributed by atoms with E-state index in [4.69, 9.17) is 9.47 Å². The molecule has 0 bridgehead atoms. The first kappa shape index (κ1) is 20.1. The number of hydrogen-bond donors (Lipinski definition) is 0. The number of amides is 2. The van der Waals surface area contributed by atoms with Crippen LogP contribution in [0.1, 0.15) is 44.9 Å². The Hall–Kier alpha value is -1.78. The number of rotatable bonds is 3. The first-order valence-corrected chi connectivity index (χ1v) is 11.9. The zero-order chi connectivity index (χ0) is 20.6. The van der Waals surface area contributed by atoms with Gasteiger partial charge in [0.05, 0.1) is 13.2 Å². The molecule has 0 radical (unpaired) electrons. The topological polar surface area (TPSA) is 88.1 Å². The number of nitrogens with zero attached hydrogens (tertiary/aromatic N) is 5. The van der Waals surface area contributed by atoms with Crippen LogP contribution in [0.25, 0.3) is 0 Å². The Bertz CT molecular complexity index is 778. The van der Waals surface area contributed by atoms with Crippen LogP contribution in [-0.2, 0) is 19.1 Å². The summed E-state index contributed by atoms with van der Waals surface area (Å²) >= 11 is 1.48. The number of ether oxygens (including phenoxy) is 2. The minimum atomic E-state index is -0.439. The van der Waals surface area contributed by atoms with Crippen LogP contribution in [0.5, 0.6) is 0 Å². The lowest BCUT2D eigenvalue weighted by Crippen LogP contribution is -2.50. The normalized spacial score (nSPS) is 25.3. The summed E-state index contributed by atoms with van der Waals surface area (Å²) in [7, 11) is 0. The van der Waals surface area contributed by atoms with Crippen molar-refractivity contribution >= 4 is 33.4 Å². The van der Waals surface area contributed by atoms with Crippen molar-refractivity contribution in [1.29, 1.82) is 0 Å². The van der Waals surface area contributed by atoms with E-state index in [0.717, 1.165) is 63.3 Å². The standard InChI is InChI=1S/C20H29N5O4S/c26-16-3-1-2-8-25(16)19-22-21-18(30-19)24-9-4-15(5-10-24)17(27)23-11-6-20(7-12-23)28-13-14-29-20/h15H,1-14H2. The molecule has 9 nitrogen and oxygen atoms in total. The molecule has 5 rings (SSSR count). The maximum Gasteiger partial charge on any atom is 0.228 e. The highest BCUT2D eigenvalue weighted by Crippen LogP contribution is 2.34. The molecule has 1 aromatic rings. The van der Waals surface area contributed by atoms with Gasteiger partial charge in [-0.25, -0.2) is 0 Å². The van der Waals surface area contributed by atoms with Crippen LogP contribution in [0.2, 0.25) is 0 Å². The van der Waals surface area contributed by atoms with Gasteiger partial charge in [0.2, 0.25) is 22.1 Å². The van der Waals surface area contributed by atoms with Gasteiger partial charge in [-0.15, -0.1) is 10.2 Å². The van der Waals surface area contributed by atoms with E-state index in [2.05, 4.69) is 15.1 Å². The second-order valence-electron chi connectivity index (χ2n) is 8.56. The van der Waals surface area contributed by atoms with Gasteiger partial charge < -0.3 is 19.3 Å². The average molecular weight is 436 g/mol. The van der Waals surface area contributed by atoms with Gasteiger partial charge >= 0.3 is 0 Å². The van der Waals surface area contributed by atoms with Crippen molar-refractivity contribution in [1.82, 2.24) is 15.1 Å². The van der Waals surface area contributed by atoms with Crippen LogP contribution in [0.3, 0.4) is 0 Å². The Morgan fingerprint density at radius 3 is 2.37 bits per heavy atom. The summed E-state index contributed by atoms with van der Waals surface area (Å²) in [5.41, 5.74) is 0. The molecule has 164 valence electrons. The van der Waals surface area contributed by atoms with Gasteiger partial charge in [-0.05, 0) is 25.7 Å². The first-order valence-electron chi connectivity index (χ1n) is 11.1. The molecule has 0 saturated carbocycles. The van der Waals surface area contributed by atoms with E-state index in [1.807, 2.05) is 4.90 Å². The van der Waals surface area contributed by atoms with Crippen molar-refractivity contribution in [2.24, 2.45) is 5.92 Å². The SMILES string of the molecule is O=C(C1CCN(c2nnc(N3CCCCC3=O)s2)CC1)N1CCC2(CC1)OCCO2. The molecule has 4 saturated heterocycles. The molecular formula is C20H29N5O4S. The van der Waals surface area contributed by atoms with Gasteiger partial charge in [0.25, 0.3) is 0 Å². The van der Waals surface area contributed by atoms with E-state index >= 15 is 0 Å². The Morgan fingerprint density at radius 2 is 1.67 bits per heavy atom. The number of carbonyl (C=O) groups is 2. The first-order chi connectivity index (χ1) is 14.6. The van der Waals surface area contributed by atoms with Gasteiger partial charge in [-0.3, -0.25) is 14.5 Å². The zero-order valence-electron chi connectivity index (χ0n) is 17.3. The number of hydrogen-bond acceptors (Lipinski definition) is 8. The van der Waals surface area contributed by atoms with Crippen LogP contribution in [0.4, 0.5) is 10.3 Å². The molecule has 30 heavy (non-hydrogen) atoms. The summed E-state index contributed by atoms with van der Waals surface area (Å²) in [6.07, 6.45) is 5.75. The Morgan fingerprint density at radius 1 is 0.967 bits per heavy atom. The van der Waals surface area contributed by atoms with E-state index < -0.39 is 5.79 Å². The van der Waals surface area contributed by atoms with Crippen molar-refractivity contribution in [2.75, 3.05) is 55.7 Å². The third kappa shape index (κ3) is 3.92. The molecule has 4 fully saturated rings. The van der Waals surface area contributed by atoms with E-state index in [0.29, 0.717) is 37.9 Å². The molecule has 5 heterocycles. The van der Waals surface area contributed by atoms with Crippen LogP contribution < -0.4 is 9.80 Å². The summed E-state index contributed by atoms with van der Waals surface area (Å²) < 4.78 is 11.5. The molecule has 0 unspecified atom stereocenters.